The van der Waals surface area contributed by atoms with E-state index in [4.69, 9.17) is 14.2 Å². The second-order valence-electron chi connectivity index (χ2n) is 7.49. The summed E-state index contributed by atoms with van der Waals surface area (Å²) in [6.45, 7) is 5.84. The predicted octanol–water partition coefficient (Wildman–Crippen LogP) is 4.16. The van der Waals surface area contributed by atoms with E-state index in [1.165, 1.54) is 20.0 Å². The summed E-state index contributed by atoms with van der Waals surface area (Å²) in [6.07, 6.45) is 8.66. The average molecular weight is 345 g/mol. The number of carbonyl (C=O) groups is 1. The van der Waals surface area contributed by atoms with Gasteiger partial charge in [0.15, 0.2) is 6.29 Å². The van der Waals surface area contributed by atoms with Gasteiger partial charge in [0.25, 0.3) is 0 Å². The van der Waals surface area contributed by atoms with E-state index in [-0.39, 0.29) is 22.4 Å². The van der Waals surface area contributed by atoms with Crippen LogP contribution in [0.4, 0.5) is 0 Å². The maximum absolute atomic E-state index is 12.3. The number of esters is 1. The lowest BCUT2D eigenvalue weighted by Gasteiger charge is -2.37. The van der Waals surface area contributed by atoms with E-state index < -0.39 is 0 Å². The Morgan fingerprint density at radius 2 is 1.96 bits per heavy atom. The molecule has 0 aromatic rings. The number of hydrogen-bond acceptors (Lipinski definition) is 5. The highest BCUT2D eigenvalue weighted by molar-refractivity contribution is 8.00. The van der Waals surface area contributed by atoms with Crippen LogP contribution in [-0.2, 0) is 19.0 Å². The van der Waals surface area contributed by atoms with Crippen LogP contribution in [0.25, 0.3) is 0 Å². The molecule has 1 unspecified atom stereocenters. The molecule has 0 aromatic carbocycles. The molecule has 0 radical (unpaired) electrons. The summed E-state index contributed by atoms with van der Waals surface area (Å²) >= 11 is 1.83. The molecule has 23 heavy (non-hydrogen) atoms. The van der Waals surface area contributed by atoms with Crippen LogP contribution >= 0.6 is 11.8 Å². The van der Waals surface area contributed by atoms with E-state index in [1.54, 1.807) is 0 Å². The van der Waals surface area contributed by atoms with Crippen molar-refractivity contribution in [3.05, 3.63) is 0 Å². The number of methoxy groups -OCH3 is 1. The topological polar surface area (TPSA) is 44.8 Å². The van der Waals surface area contributed by atoms with Gasteiger partial charge < -0.3 is 14.2 Å². The molecular formula is C18H32O4S. The van der Waals surface area contributed by atoms with Crippen molar-refractivity contribution in [2.24, 2.45) is 5.41 Å². The SMILES string of the molecule is COC(=O)C1(CSC(C)(C)COC2CCCCO2)CCCCC1. The molecule has 0 bridgehead atoms. The van der Waals surface area contributed by atoms with E-state index in [9.17, 15) is 4.79 Å². The summed E-state index contributed by atoms with van der Waals surface area (Å²) in [7, 11) is 1.51. The number of rotatable bonds is 7. The molecule has 0 amide bonds. The number of carbonyl (C=O) groups excluding carboxylic acids is 1. The van der Waals surface area contributed by atoms with Gasteiger partial charge in [-0.25, -0.2) is 0 Å². The minimum atomic E-state index is -0.295. The highest BCUT2D eigenvalue weighted by Crippen LogP contribution is 2.43. The van der Waals surface area contributed by atoms with Gasteiger partial charge >= 0.3 is 5.97 Å². The van der Waals surface area contributed by atoms with Gasteiger partial charge in [-0.15, -0.1) is 0 Å². The fourth-order valence-electron chi connectivity index (χ4n) is 3.36. The van der Waals surface area contributed by atoms with Crippen LogP contribution < -0.4 is 0 Å². The second kappa shape index (κ2) is 8.72. The van der Waals surface area contributed by atoms with Crippen LogP contribution in [0.2, 0.25) is 0 Å². The fourth-order valence-corrected chi connectivity index (χ4v) is 4.59. The second-order valence-corrected chi connectivity index (χ2v) is 9.17. The minimum absolute atomic E-state index is 0.0285. The summed E-state index contributed by atoms with van der Waals surface area (Å²) in [6, 6.07) is 0. The first-order valence-corrected chi connectivity index (χ1v) is 9.92. The van der Waals surface area contributed by atoms with Crippen LogP contribution in [0.5, 0.6) is 0 Å². The zero-order valence-electron chi connectivity index (χ0n) is 14.9. The molecule has 1 aliphatic carbocycles. The van der Waals surface area contributed by atoms with E-state index in [0.717, 1.165) is 50.9 Å². The van der Waals surface area contributed by atoms with Crippen LogP contribution in [0.1, 0.15) is 65.2 Å². The van der Waals surface area contributed by atoms with Gasteiger partial charge in [-0.05, 0) is 46.0 Å². The smallest absolute Gasteiger partial charge is 0.312 e. The van der Waals surface area contributed by atoms with E-state index >= 15 is 0 Å². The third-order valence-corrected chi connectivity index (χ3v) is 6.52. The van der Waals surface area contributed by atoms with Crippen LogP contribution in [0.3, 0.4) is 0 Å². The number of hydrogen-bond donors (Lipinski definition) is 0. The lowest BCUT2D eigenvalue weighted by atomic mass is 9.75. The highest BCUT2D eigenvalue weighted by atomic mass is 32.2. The van der Waals surface area contributed by atoms with Gasteiger partial charge in [0.2, 0.25) is 0 Å². The van der Waals surface area contributed by atoms with Crippen LogP contribution in [0.15, 0.2) is 0 Å². The van der Waals surface area contributed by atoms with E-state index in [0.29, 0.717) is 6.61 Å². The van der Waals surface area contributed by atoms with Crippen molar-refractivity contribution < 1.29 is 19.0 Å². The van der Waals surface area contributed by atoms with Crippen molar-refractivity contribution in [3.8, 4) is 0 Å². The Kier molecular flexibility index (Phi) is 7.23. The molecule has 2 rings (SSSR count). The molecular weight excluding hydrogens is 312 g/mol. The Labute approximate surface area is 145 Å². The Hall–Kier alpha value is -0.260. The molecule has 1 saturated heterocycles. The van der Waals surface area contributed by atoms with Gasteiger partial charge in [-0.2, -0.15) is 11.8 Å². The van der Waals surface area contributed by atoms with Crippen molar-refractivity contribution >= 4 is 17.7 Å². The average Bonchev–Trinajstić information content (AvgIpc) is 2.59. The van der Waals surface area contributed by atoms with Crippen molar-refractivity contribution in [1.29, 1.82) is 0 Å². The standard InChI is InChI=1S/C18H32O4S/c1-17(2,13-22-15-9-5-8-12-21-15)23-14-18(16(19)20-3)10-6-4-7-11-18/h15H,4-14H2,1-3H3. The highest BCUT2D eigenvalue weighted by Gasteiger charge is 2.42. The fraction of sp³-hybridized carbons (Fsp3) is 0.944. The lowest BCUT2D eigenvalue weighted by molar-refractivity contribution is -0.165. The Balaban J connectivity index is 1.83. The molecule has 0 spiro atoms. The van der Waals surface area contributed by atoms with Crippen molar-refractivity contribution in [3.63, 3.8) is 0 Å². The summed E-state index contributed by atoms with van der Waals surface area (Å²) in [5.41, 5.74) is -0.295. The first kappa shape index (κ1) is 19.1. The van der Waals surface area contributed by atoms with Crippen LogP contribution in [-0.4, -0.2) is 43.1 Å². The first-order chi connectivity index (χ1) is 11.0. The normalized spacial score (nSPS) is 25.1. The summed E-state index contributed by atoms with van der Waals surface area (Å²) in [5.74, 6) is 0.790. The molecule has 134 valence electrons. The molecule has 1 aliphatic heterocycles. The van der Waals surface area contributed by atoms with E-state index in [1.807, 2.05) is 11.8 Å². The van der Waals surface area contributed by atoms with Crippen molar-refractivity contribution in [2.45, 2.75) is 76.3 Å². The predicted molar refractivity (Wildman–Crippen MR) is 93.6 cm³/mol. The summed E-state index contributed by atoms with van der Waals surface area (Å²) in [4.78, 5) is 12.3. The summed E-state index contributed by atoms with van der Waals surface area (Å²) < 4.78 is 16.7. The largest absolute Gasteiger partial charge is 0.469 e. The number of ether oxygens (including phenoxy) is 3. The van der Waals surface area contributed by atoms with Gasteiger partial charge in [0.1, 0.15) is 0 Å². The van der Waals surface area contributed by atoms with Crippen molar-refractivity contribution in [2.75, 3.05) is 26.1 Å². The van der Waals surface area contributed by atoms with Crippen LogP contribution in [0, 0.1) is 5.41 Å². The van der Waals surface area contributed by atoms with Gasteiger partial charge in [-0.1, -0.05) is 19.3 Å². The molecule has 5 heteroatoms. The maximum atomic E-state index is 12.3. The monoisotopic (exact) mass is 344 g/mol. The van der Waals surface area contributed by atoms with Crippen molar-refractivity contribution in [1.82, 2.24) is 0 Å². The third kappa shape index (κ3) is 5.64. The molecule has 0 aromatic heterocycles. The zero-order valence-corrected chi connectivity index (χ0v) is 15.7. The molecule has 1 heterocycles. The molecule has 2 fully saturated rings. The molecule has 4 nitrogen and oxygen atoms in total. The molecule has 1 saturated carbocycles. The zero-order chi connectivity index (χ0) is 16.8. The minimum Gasteiger partial charge on any atom is -0.469 e. The lowest BCUT2D eigenvalue weighted by Crippen LogP contribution is -2.39. The third-order valence-electron chi connectivity index (χ3n) is 4.92. The molecule has 2 aliphatic rings. The van der Waals surface area contributed by atoms with Gasteiger partial charge in [0, 0.05) is 17.1 Å². The first-order valence-electron chi connectivity index (χ1n) is 8.93. The number of thioether (sulfide) groups is 1. The maximum Gasteiger partial charge on any atom is 0.312 e. The van der Waals surface area contributed by atoms with Gasteiger partial charge in [0.05, 0.1) is 19.1 Å². The van der Waals surface area contributed by atoms with Gasteiger partial charge in [-0.3, -0.25) is 4.79 Å². The quantitative estimate of drug-likeness (QED) is 0.649. The van der Waals surface area contributed by atoms with E-state index in [2.05, 4.69) is 13.8 Å². The Morgan fingerprint density at radius 1 is 1.22 bits per heavy atom. The molecule has 1 atom stereocenters. The Morgan fingerprint density at radius 3 is 2.57 bits per heavy atom. The summed E-state index contributed by atoms with van der Waals surface area (Å²) in [5, 5.41) is 0. The molecule has 0 N–H and O–H groups in total. The Bertz CT molecular complexity index is 371.